The minimum Gasteiger partial charge on any atom is -0.462 e. The Morgan fingerprint density at radius 1 is 0.261 bits per heavy atom. The summed E-state index contributed by atoms with van der Waals surface area (Å²) in [5.74, 6) is -0.583. The molecule has 0 heterocycles. The SMILES string of the molecule is CC/C=C\C/C=C\C/C=C\C/C=C\C/C=C\C/C=C\C/C=C\C/C=C\C/C=C\C/C=C\CCCCCCCCCCCCC(=O)OC(CO)COC(=O)CCCCCCCCCCCCCCCCCCCCCCCCCCCCCCCCCCCCCCC. The highest BCUT2D eigenvalue weighted by atomic mass is 16.6. The Morgan fingerprint density at radius 2 is 0.467 bits per heavy atom. The molecule has 0 rings (SSSR count). The van der Waals surface area contributed by atoms with Crippen LogP contribution < -0.4 is 0 Å². The summed E-state index contributed by atoms with van der Waals surface area (Å²) >= 11 is 0. The quantitative estimate of drug-likeness (QED) is 0.0373. The molecule has 0 bridgehead atoms. The van der Waals surface area contributed by atoms with Crippen LogP contribution >= 0.6 is 0 Å². The topological polar surface area (TPSA) is 72.8 Å². The first-order valence-corrected chi connectivity index (χ1v) is 40.1. The highest BCUT2D eigenvalue weighted by molar-refractivity contribution is 5.70. The molecule has 0 saturated heterocycles. The maximum Gasteiger partial charge on any atom is 0.306 e. The van der Waals surface area contributed by atoms with Gasteiger partial charge >= 0.3 is 11.9 Å². The number of aliphatic hydroxyl groups excluding tert-OH is 1. The molecule has 0 aromatic heterocycles. The molecular weight excluding hydrogens is 1120 g/mol. The van der Waals surface area contributed by atoms with Crippen LogP contribution in [0.15, 0.2) is 122 Å². The molecule has 92 heavy (non-hydrogen) atoms. The number of unbranched alkanes of at least 4 members (excludes halogenated alkanes) is 46. The van der Waals surface area contributed by atoms with E-state index in [2.05, 4.69) is 135 Å². The lowest BCUT2D eigenvalue weighted by atomic mass is 10.0. The molecule has 0 aliphatic heterocycles. The molecule has 5 nitrogen and oxygen atoms in total. The molecule has 0 aromatic rings. The first-order chi connectivity index (χ1) is 45.6. The number of hydrogen-bond acceptors (Lipinski definition) is 5. The van der Waals surface area contributed by atoms with Gasteiger partial charge in [0.15, 0.2) is 6.10 Å². The molecule has 0 amide bonds. The Labute approximate surface area is 573 Å². The van der Waals surface area contributed by atoms with Crippen molar-refractivity contribution in [2.24, 2.45) is 0 Å². The summed E-state index contributed by atoms with van der Waals surface area (Å²) in [6.45, 7) is 4.07. The van der Waals surface area contributed by atoms with Crippen molar-refractivity contribution in [2.75, 3.05) is 13.2 Å². The molecule has 1 unspecified atom stereocenters. The summed E-state index contributed by atoms with van der Waals surface area (Å²) in [4.78, 5) is 24.7. The summed E-state index contributed by atoms with van der Waals surface area (Å²) in [7, 11) is 0. The van der Waals surface area contributed by atoms with Crippen molar-refractivity contribution in [3.63, 3.8) is 0 Å². The minimum atomic E-state index is -0.782. The van der Waals surface area contributed by atoms with Gasteiger partial charge in [-0.15, -0.1) is 0 Å². The molecule has 0 spiro atoms. The van der Waals surface area contributed by atoms with Gasteiger partial charge in [-0.05, 0) is 89.9 Å². The van der Waals surface area contributed by atoms with Crippen LogP contribution in [0.3, 0.4) is 0 Å². The number of ether oxygens (including phenoxy) is 2. The van der Waals surface area contributed by atoms with Crippen molar-refractivity contribution in [1.82, 2.24) is 0 Å². The van der Waals surface area contributed by atoms with Crippen LogP contribution in [-0.2, 0) is 19.1 Å². The summed E-state index contributed by atoms with van der Waals surface area (Å²) in [5.41, 5.74) is 0. The van der Waals surface area contributed by atoms with E-state index in [1.54, 1.807) is 0 Å². The fraction of sp³-hybridized carbons (Fsp3) is 0.747. The van der Waals surface area contributed by atoms with Crippen molar-refractivity contribution in [3.05, 3.63) is 122 Å². The van der Waals surface area contributed by atoms with Crippen LogP contribution in [0.1, 0.15) is 399 Å². The van der Waals surface area contributed by atoms with Crippen LogP contribution in [0.2, 0.25) is 0 Å². The van der Waals surface area contributed by atoms with E-state index in [0.29, 0.717) is 12.8 Å². The number of esters is 2. The van der Waals surface area contributed by atoms with Crippen LogP contribution in [0.25, 0.3) is 0 Å². The maximum absolute atomic E-state index is 12.4. The summed E-state index contributed by atoms with van der Waals surface area (Å²) in [6.07, 6.45) is 120. The predicted octanol–water partition coefficient (Wildman–Crippen LogP) is 28.4. The van der Waals surface area contributed by atoms with Crippen molar-refractivity contribution in [2.45, 2.75) is 405 Å². The largest absolute Gasteiger partial charge is 0.462 e. The second-order valence-electron chi connectivity index (χ2n) is 26.8. The van der Waals surface area contributed by atoms with E-state index < -0.39 is 6.10 Å². The average molecular weight is 1280 g/mol. The third kappa shape index (κ3) is 78.7. The molecule has 0 radical (unpaired) electrons. The van der Waals surface area contributed by atoms with Gasteiger partial charge in [-0.3, -0.25) is 9.59 Å². The average Bonchev–Trinajstić information content (AvgIpc) is 3.64. The Kier molecular flexibility index (Phi) is 78.3. The fourth-order valence-corrected chi connectivity index (χ4v) is 11.8. The van der Waals surface area contributed by atoms with E-state index in [-0.39, 0.29) is 25.2 Å². The monoisotopic (exact) mass is 1280 g/mol. The van der Waals surface area contributed by atoms with Gasteiger partial charge in [0.05, 0.1) is 6.61 Å². The first kappa shape index (κ1) is 88.3. The van der Waals surface area contributed by atoms with E-state index >= 15 is 0 Å². The van der Waals surface area contributed by atoms with Gasteiger partial charge in [0.1, 0.15) is 6.61 Å². The molecule has 0 aliphatic rings. The van der Waals surface area contributed by atoms with Gasteiger partial charge in [0, 0.05) is 12.8 Å². The van der Waals surface area contributed by atoms with E-state index in [1.807, 2.05) is 0 Å². The lowest BCUT2D eigenvalue weighted by Gasteiger charge is -2.15. The molecule has 0 aromatic carbocycles. The van der Waals surface area contributed by atoms with Crippen molar-refractivity contribution in [3.8, 4) is 0 Å². The molecule has 1 N–H and O–H groups in total. The molecule has 0 saturated carbocycles. The Morgan fingerprint density at radius 3 is 0.707 bits per heavy atom. The zero-order valence-corrected chi connectivity index (χ0v) is 61.0. The fourth-order valence-electron chi connectivity index (χ4n) is 11.8. The lowest BCUT2D eigenvalue weighted by Crippen LogP contribution is -2.28. The van der Waals surface area contributed by atoms with Crippen LogP contribution in [0.5, 0.6) is 0 Å². The van der Waals surface area contributed by atoms with E-state index in [1.165, 1.54) is 270 Å². The predicted molar refractivity (Wildman–Crippen MR) is 408 cm³/mol. The summed E-state index contributed by atoms with van der Waals surface area (Å²) < 4.78 is 10.8. The van der Waals surface area contributed by atoms with Gasteiger partial charge in [0.2, 0.25) is 0 Å². The van der Waals surface area contributed by atoms with Gasteiger partial charge in [0.25, 0.3) is 0 Å². The number of rotatable bonds is 74. The highest BCUT2D eigenvalue weighted by Crippen LogP contribution is 2.19. The third-order valence-electron chi connectivity index (χ3n) is 17.8. The third-order valence-corrected chi connectivity index (χ3v) is 17.8. The van der Waals surface area contributed by atoms with Gasteiger partial charge in [-0.1, -0.05) is 418 Å². The van der Waals surface area contributed by atoms with Crippen LogP contribution in [0, 0.1) is 0 Å². The lowest BCUT2D eigenvalue weighted by molar-refractivity contribution is -0.161. The van der Waals surface area contributed by atoms with Crippen molar-refractivity contribution < 1.29 is 24.2 Å². The smallest absolute Gasteiger partial charge is 0.306 e. The summed E-state index contributed by atoms with van der Waals surface area (Å²) in [6, 6.07) is 0. The van der Waals surface area contributed by atoms with Gasteiger partial charge in [-0.25, -0.2) is 0 Å². The first-order valence-electron chi connectivity index (χ1n) is 40.1. The Balaban J connectivity index is 3.47. The second-order valence-corrected chi connectivity index (χ2v) is 26.8. The van der Waals surface area contributed by atoms with Crippen LogP contribution in [0.4, 0.5) is 0 Å². The molecular formula is C87H152O5. The zero-order chi connectivity index (χ0) is 66.1. The highest BCUT2D eigenvalue weighted by Gasteiger charge is 2.16. The molecule has 1 atom stereocenters. The van der Waals surface area contributed by atoms with E-state index in [4.69, 9.17) is 9.47 Å². The zero-order valence-electron chi connectivity index (χ0n) is 61.0. The van der Waals surface area contributed by atoms with E-state index in [9.17, 15) is 14.7 Å². The second kappa shape index (κ2) is 81.5. The Hall–Kier alpha value is -3.70. The van der Waals surface area contributed by atoms with Gasteiger partial charge in [-0.2, -0.15) is 0 Å². The number of aliphatic hydroxyl groups is 1. The van der Waals surface area contributed by atoms with E-state index in [0.717, 1.165) is 103 Å². The van der Waals surface area contributed by atoms with Crippen molar-refractivity contribution >= 4 is 11.9 Å². The normalized spacial score (nSPS) is 12.9. The number of allylic oxidation sites excluding steroid dienone is 20. The number of carbonyl (C=O) groups is 2. The molecule has 0 fully saturated rings. The standard InChI is InChI=1S/C87H152O5/c1-3-5-7-9-11-13-15-17-19-21-23-25-27-29-31-33-35-37-39-41-42-43-44-46-48-50-52-54-56-58-60-62-64-66-68-70-72-74-76-78-80-82-87(90)92-85(83-88)84-91-86(89)81-79-77-75-73-71-69-67-65-63-61-59-57-55-53-51-49-47-45-40-38-36-34-32-30-28-26-24-22-20-18-16-14-12-10-8-6-4-2/h5,7,11,13,17,19,23,25,29,31,35,37,41-42,44,46,50,52,56,58,85,88H,3-4,6,8-10,12,14-16,18,20-22,24,26-28,30,32-34,36,38-40,43,45,47-49,51,53-55,57,59-84H2,1-2H3/b7-5-,13-11-,19-17-,25-23-,31-29-,37-35-,42-41-,46-44-,52-50-,58-56-. The van der Waals surface area contributed by atoms with Gasteiger partial charge < -0.3 is 14.6 Å². The van der Waals surface area contributed by atoms with Crippen LogP contribution in [-0.4, -0.2) is 36.4 Å². The molecule has 530 valence electrons. The number of hydrogen-bond donors (Lipinski definition) is 1. The molecule has 0 aliphatic carbocycles. The Bertz CT molecular complexity index is 1790. The molecule has 5 heteroatoms. The number of carbonyl (C=O) groups excluding carboxylic acids is 2. The minimum absolute atomic E-state index is 0.0685. The van der Waals surface area contributed by atoms with Crippen molar-refractivity contribution in [1.29, 1.82) is 0 Å². The maximum atomic E-state index is 12.4. The summed E-state index contributed by atoms with van der Waals surface area (Å²) in [5, 5.41) is 9.73.